The molecular formula is C24H25BrN2O4S. The highest BCUT2D eigenvalue weighted by molar-refractivity contribution is 9.10. The molecule has 0 aliphatic rings. The number of methoxy groups -OCH3 is 1. The fraction of sp³-hybridized carbons (Fsp3) is 0.208. The summed E-state index contributed by atoms with van der Waals surface area (Å²) in [6, 6.07) is 21.3. The lowest BCUT2D eigenvalue weighted by molar-refractivity contribution is 0.0939. The maximum atomic E-state index is 12.9. The molecule has 1 amide bonds. The first kappa shape index (κ1) is 24.0. The number of rotatable bonds is 9. The molecule has 8 heteroatoms. The summed E-state index contributed by atoms with van der Waals surface area (Å²) in [5.74, 6) is -0.199. The van der Waals surface area contributed by atoms with Gasteiger partial charge in [0.2, 0.25) is 10.0 Å². The Kier molecular flexibility index (Phi) is 8.06. The Balaban J connectivity index is 1.75. The average Bonchev–Trinajstić information content (AvgIpc) is 2.79. The predicted octanol–water partition coefficient (Wildman–Crippen LogP) is 4.47. The molecule has 3 rings (SSSR count). The Hall–Kier alpha value is -2.68. The highest BCUT2D eigenvalue weighted by Gasteiger charge is 2.22. The van der Waals surface area contributed by atoms with Gasteiger partial charge in [-0.05, 0) is 54.8 Å². The third-order valence-corrected chi connectivity index (χ3v) is 6.94. The summed E-state index contributed by atoms with van der Waals surface area (Å²) < 4.78 is 34.6. The van der Waals surface area contributed by atoms with Crippen molar-refractivity contribution < 1.29 is 17.9 Å². The third-order valence-electron chi connectivity index (χ3n) is 4.96. The van der Waals surface area contributed by atoms with Crippen LogP contribution in [-0.4, -0.2) is 28.0 Å². The van der Waals surface area contributed by atoms with Gasteiger partial charge in [-0.15, -0.1) is 0 Å². The summed E-state index contributed by atoms with van der Waals surface area (Å²) in [5.41, 5.74) is 2.18. The number of carbonyl (C=O) groups excluding carboxylic acids is 1. The molecule has 32 heavy (non-hydrogen) atoms. The Labute approximate surface area is 197 Å². The largest absolute Gasteiger partial charge is 0.495 e. The van der Waals surface area contributed by atoms with E-state index in [0.29, 0.717) is 6.42 Å². The molecule has 1 atom stereocenters. The number of ether oxygens (including phenoxy) is 1. The van der Waals surface area contributed by atoms with Crippen LogP contribution in [0.5, 0.6) is 5.75 Å². The molecule has 3 aromatic rings. The smallest absolute Gasteiger partial charge is 0.251 e. The maximum absolute atomic E-state index is 12.9. The van der Waals surface area contributed by atoms with Gasteiger partial charge in [-0.2, -0.15) is 0 Å². The number of benzene rings is 3. The molecule has 0 heterocycles. The van der Waals surface area contributed by atoms with E-state index in [0.717, 1.165) is 15.6 Å². The van der Waals surface area contributed by atoms with E-state index in [2.05, 4.69) is 26.0 Å². The van der Waals surface area contributed by atoms with Crippen molar-refractivity contribution in [2.75, 3.05) is 13.7 Å². The van der Waals surface area contributed by atoms with Gasteiger partial charge in [0, 0.05) is 16.6 Å². The molecule has 0 bridgehead atoms. The second-order valence-electron chi connectivity index (χ2n) is 7.25. The summed E-state index contributed by atoms with van der Waals surface area (Å²) >= 11 is 3.42. The van der Waals surface area contributed by atoms with Crippen molar-refractivity contribution in [2.24, 2.45) is 0 Å². The van der Waals surface area contributed by atoms with Gasteiger partial charge in [0.15, 0.2) is 0 Å². The van der Waals surface area contributed by atoms with Crippen LogP contribution in [0, 0.1) is 0 Å². The standard InChI is InChI=1S/C24H25BrN2O4S/c1-17(19-9-6-10-21(25)15-19)27-24(28)20-11-12-22(31-2)23(16-20)32(29,30)26-14-13-18-7-4-3-5-8-18/h3-12,15-17,26H,13-14H2,1-2H3,(H,27,28)/t17-/m1/s1. The number of hydrogen-bond donors (Lipinski definition) is 2. The van der Waals surface area contributed by atoms with Gasteiger partial charge in [-0.1, -0.05) is 58.4 Å². The zero-order valence-electron chi connectivity index (χ0n) is 17.8. The van der Waals surface area contributed by atoms with E-state index in [4.69, 9.17) is 4.74 Å². The van der Waals surface area contributed by atoms with Gasteiger partial charge < -0.3 is 10.1 Å². The number of carbonyl (C=O) groups is 1. The number of sulfonamides is 1. The molecule has 6 nitrogen and oxygen atoms in total. The van der Waals surface area contributed by atoms with Crippen LogP contribution in [-0.2, 0) is 16.4 Å². The third kappa shape index (κ3) is 6.18. The van der Waals surface area contributed by atoms with Crippen LogP contribution in [0.2, 0.25) is 0 Å². The Morgan fingerprint density at radius 2 is 1.78 bits per heavy atom. The van der Waals surface area contributed by atoms with Crippen LogP contribution in [0.25, 0.3) is 0 Å². The fourth-order valence-corrected chi connectivity index (χ4v) is 4.86. The molecular weight excluding hydrogens is 492 g/mol. The normalized spacial score (nSPS) is 12.2. The molecule has 2 N–H and O–H groups in total. The van der Waals surface area contributed by atoms with E-state index in [1.54, 1.807) is 6.07 Å². The topological polar surface area (TPSA) is 84.5 Å². The molecule has 0 aromatic heterocycles. The molecule has 0 unspecified atom stereocenters. The van der Waals surface area contributed by atoms with Crippen LogP contribution in [0.1, 0.15) is 34.5 Å². The second kappa shape index (κ2) is 10.8. The minimum Gasteiger partial charge on any atom is -0.495 e. The summed E-state index contributed by atoms with van der Waals surface area (Å²) in [4.78, 5) is 12.7. The van der Waals surface area contributed by atoms with E-state index in [-0.39, 0.29) is 34.7 Å². The Bertz CT molecular complexity index is 1180. The van der Waals surface area contributed by atoms with Gasteiger partial charge in [-0.3, -0.25) is 4.79 Å². The average molecular weight is 517 g/mol. The monoisotopic (exact) mass is 516 g/mol. The predicted molar refractivity (Wildman–Crippen MR) is 128 cm³/mol. The van der Waals surface area contributed by atoms with Crippen molar-refractivity contribution in [3.05, 3.63) is 94.0 Å². The van der Waals surface area contributed by atoms with Crippen LogP contribution < -0.4 is 14.8 Å². The number of nitrogens with one attached hydrogen (secondary N) is 2. The van der Waals surface area contributed by atoms with Crippen molar-refractivity contribution >= 4 is 31.9 Å². The minimum absolute atomic E-state index is 0.0733. The molecule has 3 aromatic carbocycles. The van der Waals surface area contributed by atoms with Crippen LogP contribution >= 0.6 is 15.9 Å². The van der Waals surface area contributed by atoms with Crippen LogP contribution in [0.3, 0.4) is 0 Å². The quantitative estimate of drug-likeness (QED) is 0.439. The minimum atomic E-state index is -3.88. The van der Waals surface area contributed by atoms with Crippen LogP contribution in [0.4, 0.5) is 0 Å². The maximum Gasteiger partial charge on any atom is 0.251 e. The molecule has 0 radical (unpaired) electrons. The zero-order chi connectivity index (χ0) is 23.1. The van der Waals surface area contributed by atoms with E-state index >= 15 is 0 Å². The highest BCUT2D eigenvalue weighted by Crippen LogP contribution is 2.25. The highest BCUT2D eigenvalue weighted by atomic mass is 79.9. The van der Waals surface area contributed by atoms with Crippen molar-refractivity contribution in [3.8, 4) is 5.75 Å². The van der Waals surface area contributed by atoms with Gasteiger partial charge in [0.05, 0.1) is 13.2 Å². The lowest BCUT2D eigenvalue weighted by Gasteiger charge is -2.16. The molecule has 0 aliphatic heterocycles. The fourth-order valence-electron chi connectivity index (χ4n) is 3.22. The zero-order valence-corrected chi connectivity index (χ0v) is 20.2. The lowest BCUT2D eigenvalue weighted by Crippen LogP contribution is -2.28. The Morgan fingerprint density at radius 1 is 1.03 bits per heavy atom. The van der Waals surface area contributed by atoms with Gasteiger partial charge in [0.1, 0.15) is 10.6 Å². The summed E-state index contributed by atoms with van der Waals surface area (Å²) in [6.07, 6.45) is 0.548. The summed E-state index contributed by atoms with van der Waals surface area (Å²) in [5, 5.41) is 2.90. The molecule has 0 saturated carbocycles. The van der Waals surface area contributed by atoms with E-state index in [9.17, 15) is 13.2 Å². The first-order valence-corrected chi connectivity index (χ1v) is 12.4. The molecule has 0 aliphatic carbocycles. The summed E-state index contributed by atoms with van der Waals surface area (Å²) in [6.45, 7) is 2.10. The van der Waals surface area contributed by atoms with E-state index in [1.807, 2.05) is 61.5 Å². The first-order valence-electron chi connectivity index (χ1n) is 10.1. The number of halogens is 1. The molecule has 0 spiro atoms. The van der Waals surface area contributed by atoms with Crippen molar-refractivity contribution in [1.82, 2.24) is 10.0 Å². The van der Waals surface area contributed by atoms with Crippen molar-refractivity contribution in [3.63, 3.8) is 0 Å². The molecule has 0 fully saturated rings. The molecule has 168 valence electrons. The van der Waals surface area contributed by atoms with Gasteiger partial charge in [-0.25, -0.2) is 13.1 Å². The van der Waals surface area contributed by atoms with Gasteiger partial charge >= 0.3 is 0 Å². The number of hydrogen-bond acceptors (Lipinski definition) is 4. The second-order valence-corrected chi connectivity index (χ2v) is 9.90. The van der Waals surface area contributed by atoms with Crippen LogP contribution in [0.15, 0.2) is 82.2 Å². The first-order chi connectivity index (χ1) is 15.3. The Morgan fingerprint density at radius 3 is 2.47 bits per heavy atom. The van der Waals surface area contributed by atoms with Crippen molar-refractivity contribution in [2.45, 2.75) is 24.3 Å². The van der Waals surface area contributed by atoms with Crippen molar-refractivity contribution in [1.29, 1.82) is 0 Å². The molecule has 0 saturated heterocycles. The number of amides is 1. The SMILES string of the molecule is COc1ccc(C(=O)N[C@H](C)c2cccc(Br)c2)cc1S(=O)(=O)NCCc1ccccc1. The lowest BCUT2D eigenvalue weighted by atomic mass is 10.1. The summed E-state index contributed by atoms with van der Waals surface area (Å²) in [7, 11) is -2.48. The van der Waals surface area contributed by atoms with Gasteiger partial charge in [0.25, 0.3) is 5.91 Å². The van der Waals surface area contributed by atoms with E-state index < -0.39 is 10.0 Å². The van der Waals surface area contributed by atoms with E-state index in [1.165, 1.54) is 19.2 Å².